The lowest BCUT2D eigenvalue weighted by atomic mass is 9.97. The average molecular weight is 324 g/mol. The van der Waals surface area contributed by atoms with E-state index in [1.54, 1.807) is 18.2 Å². The molecule has 0 saturated carbocycles. The highest BCUT2D eigenvalue weighted by Gasteiger charge is 2.44. The number of aliphatic hydroxyl groups is 3. The van der Waals surface area contributed by atoms with Crippen molar-refractivity contribution in [1.82, 2.24) is 0 Å². The first-order chi connectivity index (χ1) is 11.0. The van der Waals surface area contributed by atoms with Crippen LogP contribution in [0.4, 0.5) is 10.1 Å². The van der Waals surface area contributed by atoms with Gasteiger partial charge in [-0.3, -0.25) is 0 Å². The lowest BCUT2D eigenvalue weighted by Gasteiger charge is -2.39. The quantitative estimate of drug-likeness (QED) is 0.587. The zero-order chi connectivity index (χ0) is 16.6. The largest absolute Gasteiger partial charge is 0.423 e. The first-order valence-corrected chi connectivity index (χ1v) is 7.06. The number of fused-ring (bicyclic) bond motifs is 1. The second-order valence-corrected chi connectivity index (χ2v) is 5.36. The van der Waals surface area contributed by atoms with Gasteiger partial charge < -0.3 is 29.8 Å². The van der Waals surface area contributed by atoms with Crippen LogP contribution in [0, 0.1) is 0 Å². The standard InChI is InChI=1S/C15H16FNO6/c16-12-10(6-18)23-15(21)13(14(12)20)17-8-3-1-7-2-4-11(19)22-9(7)5-8/h1-5,10,12-15,17-18,20-21H,6H2/t10?,12-,13+,14?,15-/m0/s1/i16-1. The Bertz CT molecular complexity index is 750. The fraction of sp³-hybridized carbons (Fsp3) is 0.400. The summed E-state index contributed by atoms with van der Waals surface area (Å²) in [4.78, 5) is 11.2. The molecule has 4 N–H and O–H groups in total. The fourth-order valence-electron chi connectivity index (χ4n) is 2.57. The molecule has 0 radical (unpaired) electrons. The van der Waals surface area contributed by atoms with Crippen LogP contribution in [0.25, 0.3) is 11.0 Å². The van der Waals surface area contributed by atoms with Crippen molar-refractivity contribution in [2.24, 2.45) is 0 Å². The van der Waals surface area contributed by atoms with Gasteiger partial charge in [0.15, 0.2) is 12.5 Å². The number of nitrogens with one attached hydrogen (secondary N) is 1. The molecule has 124 valence electrons. The van der Waals surface area contributed by atoms with Crippen molar-refractivity contribution in [2.75, 3.05) is 11.9 Å². The molecule has 3 rings (SSSR count). The zero-order valence-electron chi connectivity index (χ0n) is 11.9. The van der Waals surface area contributed by atoms with Gasteiger partial charge in [-0.25, -0.2) is 9.18 Å². The Hall–Kier alpha value is -2.00. The second-order valence-electron chi connectivity index (χ2n) is 5.36. The molecule has 2 heterocycles. The van der Waals surface area contributed by atoms with Crippen LogP contribution in [0.5, 0.6) is 0 Å². The SMILES string of the molecule is O=c1ccc2ccc(N[C@@H]3C(O)[C@@H]([18F])C(CO)O[C@@H]3O)cc2o1. The van der Waals surface area contributed by atoms with E-state index in [0.29, 0.717) is 16.7 Å². The highest BCUT2D eigenvalue weighted by molar-refractivity contribution is 5.80. The molecular formula is C15H16FNO6. The maximum Gasteiger partial charge on any atom is 0.336 e. The van der Waals surface area contributed by atoms with Crippen LogP contribution in [-0.4, -0.2) is 52.6 Å². The van der Waals surface area contributed by atoms with E-state index in [-0.39, 0.29) is 0 Å². The molecule has 8 heteroatoms. The summed E-state index contributed by atoms with van der Waals surface area (Å²) in [5, 5.41) is 32.3. The van der Waals surface area contributed by atoms with Crippen molar-refractivity contribution in [1.29, 1.82) is 0 Å². The number of hydrogen-bond acceptors (Lipinski definition) is 7. The smallest absolute Gasteiger partial charge is 0.336 e. The molecular weight excluding hydrogens is 308 g/mol. The summed E-state index contributed by atoms with van der Waals surface area (Å²) in [7, 11) is 0. The molecule has 0 spiro atoms. The minimum absolute atomic E-state index is 0.313. The third-order valence-electron chi connectivity index (χ3n) is 3.81. The molecule has 1 saturated heterocycles. The van der Waals surface area contributed by atoms with E-state index >= 15 is 0 Å². The number of rotatable bonds is 3. The van der Waals surface area contributed by atoms with Crippen molar-refractivity contribution >= 4 is 16.7 Å². The van der Waals surface area contributed by atoms with Gasteiger partial charge in [-0.2, -0.15) is 0 Å². The van der Waals surface area contributed by atoms with Crippen molar-refractivity contribution < 1.29 is 28.9 Å². The summed E-state index contributed by atoms with van der Waals surface area (Å²) < 4.78 is 23.9. The predicted molar refractivity (Wildman–Crippen MR) is 78.8 cm³/mol. The topological polar surface area (TPSA) is 112 Å². The van der Waals surface area contributed by atoms with Crippen molar-refractivity contribution in [2.45, 2.75) is 30.7 Å². The van der Waals surface area contributed by atoms with Crippen LogP contribution in [-0.2, 0) is 4.74 Å². The number of alkyl halides is 1. The summed E-state index contributed by atoms with van der Waals surface area (Å²) in [6, 6.07) is 6.56. The Labute approximate surface area is 129 Å². The third kappa shape index (κ3) is 3.06. The first kappa shape index (κ1) is 15.9. The van der Waals surface area contributed by atoms with Gasteiger partial charge in [-0.05, 0) is 18.2 Å². The maximum atomic E-state index is 13.9. The molecule has 23 heavy (non-hydrogen) atoms. The molecule has 0 amide bonds. The van der Waals surface area contributed by atoms with Gasteiger partial charge in [0.2, 0.25) is 0 Å². The van der Waals surface area contributed by atoms with E-state index in [4.69, 9.17) is 14.3 Å². The maximum absolute atomic E-state index is 13.9. The van der Waals surface area contributed by atoms with Crippen LogP contribution in [0.2, 0.25) is 0 Å². The lowest BCUT2D eigenvalue weighted by molar-refractivity contribution is -0.230. The molecule has 1 aromatic heterocycles. The Kier molecular flexibility index (Phi) is 4.31. The van der Waals surface area contributed by atoms with Crippen molar-refractivity contribution in [3.63, 3.8) is 0 Å². The lowest BCUT2D eigenvalue weighted by Crippen LogP contribution is -2.59. The number of halogens is 1. The molecule has 5 atom stereocenters. The van der Waals surface area contributed by atoms with Crippen LogP contribution < -0.4 is 10.9 Å². The first-order valence-electron chi connectivity index (χ1n) is 7.06. The van der Waals surface area contributed by atoms with Gasteiger partial charge in [-0.1, -0.05) is 0 Å². The summed E-state index contributed by atoms with van der Waals surface area (Å²) in [6.45, 7) is -0.650. The molecule has 0 aliphatic carbocycles. The van der Waals surface area contributed by atoms with E-state index in [0.717, 1.165) is 0 Å². The van der Waals surface area contributed by atoms with Gasteiger partial charge >= 0.3 is 5.63 Å². The number of hydrogen-bond donors (Lipinski definition) is 4. The Morgan fingerprint density at radius 2 is 1.96 bits per heavy atom. The Morgan fingerprint density at radius 3 is 2.70 bits per heavy atom. The van der Waals surface area contributed by atoms with Gasteiger partial charge in [0.25, 0.3) is 0 Å². The molecule has 1 fully saturated rings. The zero-order valence-corrected chi connectivity index (χ0v) is 11.9. The van der Waals surface area contributed by atoms with E-state index in [9.17, 15) is 19.4 Å². The van der Waals surface area contributed by atoms with Gasteiger partial charge in [0.05, 0.1) is 6.61 Å². The van der Waals surface area contributed by atoms with Crippen LogP contribution in [0.15, 0.2) is 39.5 Å². The number of benzene rings is 1. The van der Waals surface area contributed by atoms with Gasteiger partial charge in [0, 0.05) is 23.2 Å². The van der Waals surface area contributed by atoms with Crippen LogP contribution in [0.1, 0.15) is 0 Å². The third-order valence-corrected chi connectivity index (χ3v) is 3.81. The molecule has 7 nitrogen and oxygen atoms in total. The van der Waals surface area contributed by atoms with Crippen LogP contribution >= 0.6 is 0 Å². The number of anilines is 1. The molecule has 1 aliphatic rings. The molecule has 1 aliphatic heterocycles. The summed E-state index contributed by atoms with van der Waals surface area (Å²) >= 11 is 0. The van der Waals surface area contributed by atoms with E-state index in [1.165, 1.54) is 12.1 Å². The number of ether oxygens (including phenoxy) is 1. The van der Waals surface area contributed by atoms with Crippen molar-refractivity contribution in [3.05, 3.63) is 40.8 Å². The summed E-state index contributed by atoms with van der Waals surface area (Å²) in [5.74, 6) is 0. The number of aliphatic hydroxyl groups excluding tert-OH is 3. The minimum Gasteiger partial charge on any atom is -0.423 e. The van der Waals surface area contributed by atoms with E-state index in [1.807, 2.05) is 0 Å². The van der Waals surface area contributed by atoms with E-state index in [2.05, 4.69) is 5.32 Å². The fourth-order valence-corrected chi connectivity index (χ4v) is 2.57. The minimum atomic E-state index is -1.85. The Balaban J connectivity index is 1.84. The molecule has 2 unspecified atom stereocenters. The highest BCUT2D eigenvalue weighted by atomic mass is 18.2. The molecule has 1 aromatic carbocycles. The monoisotopic (exact) mass is 324 g/mol. The van der Waals surface area contributed by atoms with E-state index < -0.39 is 42.9 Å². The predicted octanol–water partition coefficient (Wildman–Crippen LogP) is -0.0180. The van der Waals surface area contributed by atoms with Crippen molar-refractivity contribution in [3.8, 4) is 0 Å². The van der Waals surface area contributed by atoms with Gasteiger partial charge in [-0.15, -0.1) is 0 Å². The highest BCUT2D eigenvalue weighted by Crippen LogP contribution is 2.26. The second kappa shape index (κ2) is 6.25. The summed E-state index contributed by atoms with van der Waals surface area (Å²) in [5.41, 5.74) is 0.215. The Morgan fingerprint density at radius 1 is 1.22 bits per heavy atom. The normalized spacial score (nSPS) is 31.2. The molecule has 2 aromatic rings. The van der Waals surface area contributed by atoms with Crippen LogP contribution in [0.3, 0.4) is 0 Å². The summed E-state index contributed by atoms with van der Waals surface area (Å²) in [6.07, 6.45) is -6.21. The average Bonchev–Trinajstić information content (AvgIpc) is 2.54. The molecule has 0 bridgehead atoms. The van der Waals surface area contributed by atoms with Gasteiger partial charge in [0.1, 0.15) is 23.8 Å².